The zero-order valence-corrected chi connectivity index (χ0v) is 12.2. The Hall–Kier alpha value is -2.04. The Morgan fingerprint density at radius 1 is 1.33 bits per heavy atom. The molecule has 1 aromatic carbocycles. The van der Waals surface area contributed by atoms with Crippen LogP contribution in [0.2, 0.25) is 0 Å². The Labute approximate surface area is 124 Å². The van der Waals surface area contributed by atoms with E-state index in [0.29, 0.717) is 11.3 Å². The van der Waals surface area contributed by atoms with E-state index in [9.17, 15) is 9.59 Å². The van der Waals surface area contributed by atoms with E-state index in [1.54, 1.807) is 24.3 Å². The highest BCUT2D eigenvalue weighted by molar-refractivity contribution is 5.78. The molecule has 114 valence electrons. The molecule has 1 fully saturated rings. The molecule has 0 saturated carbocycles. The first-order valence-electron chi connectivity index (χ1n) is 7.30. The minimum absolute atomic E-state index is 0.0349. The summed E-state index contributed by atoms with van der Waals surface area (Å²) in [5, 5.41) is 8.88. The summed E-state index contributed by atoms with van der Waals surface area (Å²) in [5.41, 5.74) is 0.587. The van der Waals surface area contributed by atoms with E-state index in [1.165, 1.54) is 0 Å². The molecular weight excluding hydrogens is 270 g/mol. The van der Waals surface area contributed by atoms with Gasteiger partial charge in [-0.3, -0.25) is 9.59 Å². The van der Waals surface area contributed by atoms with Crippen LogP contribution in [-0.2, 0) is 16.0 Å². The number of piperidine rings is 1. The van der Waals surface area contributed by atoms with Crippen LogP contribution in [0, 0.1) is 0 Å². The zero-order chi connectivity index (χ0) is 15.2. The molecule has 1 N–H and O–H groups in total. The van der Waals surface area contributed by atoms with Crippen LogP contribution < -0.4 is 4.74 Å². The fourth-order valence-corrected chi connectivity index (χ4v) is 2.64. The van der Waals surface area contributed by atoms with Crippen molar-refractivity contribution in [2.24, 2.45) is 0 Å². The smallest absolute Gasteiger partial charge is 0.307 e. The first-order chi connectivity index (χ1) is 10.1. The van der Waals surface area contributed by atoms with Crippen molar-refractivity contribution in [1.29, 1.82) is 0 Å². The molecule has 0 aromatic heterocycles. The monoisotopic (exact) mass is 291 g/mol. The maximum atomic E-state index is 12.2. The number of carbonyl (C=O) groups is 2. The van der Waals surface area contributed by atoms with Crippen LogP contribution in [0.1, 0.15) is 31.7 Å². The van der Waals surface area contributed by atoms with Crippen LogP contribution in [0.5, 0.6) is 5.75 Å². The summed E-state index contributed by atoms with van der Waals surface area (Å²) in [7, 11) is 0. The van der Waals surface area contributed by atoms with Gasteiger partial charge < -0.3 is 14.7 Å². The van der Waals surface area contributed by atoms with Gasteiger partial charge in [0, 0.05) is 18.2 Å². The minimum Gasteiger partial charge on any atom is -0.483 e. The molecule has 1 aliphatic rings. The highest BCUT2D eigenvalue weighted by Crippen LogP contribution is 2.20. The minimum atomic E-state index is -0.915. The lowest BCUT2D eigenvalue weighted by atomic mass is 10.0. The SMILES string of the molecule is CC1CCCCN1C(=O)COc1ccccc1CC(=O)O. The number of nitrogens with zero attached hydrogens (tertiary/aromatic N) is 1. The van der Waals surface area contributed by atoms with Gasteiger partial charge in [-0.15, -0.1) is 0 Å². The van der Waals surface area contributed by atoms with Crippen molar-refractivity contribution in [3.63, 3.8) is 0 Å². The predicted molar refractivity (Wildman–Crippen MR) is 78.3 cm³/mol. The molecule has 5 nitrogen and oxygen atoms in total. The van der Waals surface area contributed by atoms with Gasteiger partial charge in [0.05, 0.1) is 6.42 Å². The van der Waals surface area contributed by atoms with Gasteiger partial charge in [0.25, 0.3) is 5.91 Å². The summed E-state index contributed by atoms with van der Waals surface area (Å²) in [6, 6.07) is 7.20. The Morgan fingerprint density at radius 3 is 2.81 bits per heavy atom. The van der Waals surface area contributed by atoms with E-state index in [1.807, 2.05) is 4.90 Å². The van der Waals surface area contributed by atoms with E-state index in [4.69, 9.17) is 9.84 Å². The van der Waals surface area contributed by atoms with Crippen LogP contribution in [0.25, 0.3) is 0 Å². The van der Waals surface area contributed by atoms with Crippen molar-refractivity contribution in [1.82, 2.24) is 4.90 Å². The van der Waals surface area contributed by atoms with Gasteiger partial charge in [-0.1, -0.05) is 18.2 Å². The third-order valence-corrected chi connectivity index (χ3v) is 3.79. The van der Waals surface area contributed by atoms with E-state index in [0.717, 1.165) is 25.8 Å². The third-order valence-electron chi connectivity index (χ3n) is 3.79. The van der Waals surface area contributed by atoms with Crippen molar-refractivity contribution < 1.29 is 19.4 Å². The highest BCUT2D eigenvalue weighted by Gasteiger charge is 2.23. The molecule has 0 aliphatic carbocycles. The number of ether oxygens (including phenoxy) is 1. The molecule has 0 radical (unpaired) electrons. The summed E-state index contributed by atoms with van der Waals surface area (Å²) in [4.78, 5) is 24.9. The Bertz CT molecular complexity index is 515. The summed E-state index contributed by atoms with van der Waals surface area (Å²) in [6.45, 7) is 2.79. The number of hydrogen-bond acceptors (Lipinski definition) is 3. The molecule has 1 amide bonds. The first-order valence-corrected chi connectivity index (χ1v) is 7.30. The van der Waals surface area contributed by atoms with Crippen LogP contribution in [0.4, 0.5) is 0 Å². The van der Waals surface area contributed by atoms with Crippen LogP contribution in [0.15, 0.2) is 24.3 Å². The predicted octanol–water partition coefficient (Wildman–Crippen LogP) is 2.09. The van der Waals surface area contributed by atoms with Crippen molar-refractivity contribution in [2.45, 2.75) is 38.6 Å². The molecule has 1 saturated heterocycles. The maximum Gasteiger partial charge on any atom is 0.307 e. The Balaban J connectivity index is 1.96. The number of carbonyl (C=O) groups excluding carboxylic acids is 1. The summed E-state index contributed by atoms with van der Waals surface area (Å²) >= 11 is 0. The highest BCUT2D eigenvalue weighted by atomic mass is 16.5. The molecule has 2 rings (SSSR count). The third kappa shape index (κ3) is 4.21. The zero-order valence-electron chi connectivity index (χ0n) is 12.2. The summed E-state index contributed by atoms with van der Waals surface area (Å²) in [5.74, 6) is -0.479. The standard InChI is InChI=1S/C16H21NO4/c1-12-6-4-5-9-17(12)15(18)11-21-14-8-3-2-7-13(14)10-16(19)20/h2-3,7-8,12H,4-6,9-11H2,1H3,(H,19,20). The number of carboxylic acid groups (broad SMARTS) is 1. The van der Waals surface area contributed by atoms with Crippen LogP contribution >= 0.6 is 0 Å². The molecule has 0 spiro atoms. The second-order valence-electron chi connectivity index (χ2n) is 5.40. The van der Waals surface area contributed by atoms with Crippen molar-refractivity contribution in [3.05, 3.63) is 29.8 Å². The fraction of sp³-hybridized carbons (Fsp3) is 0.500. The largest absolute Gasteiger partial charge is 0.483 e. The number of amides is 1. The van der Waals surface area contributed by atoms with E-state index < -0.39 is 5.97 Å². The van der Waals surface area contributed by atoms with Gasteiger partial charge in [0.2, 0.25) is 0 Å². The Morgan fingerprint density at radius 2 is 2.10 bits per heavy atom. The number of aliphatic carboxylic acids is 1. The quantitative estimate of drug-likeness (QED) is 0.902. The van der Waals surface area contributed by atoms with Gasteiger partial charge in [0.15, 0.2) is 6.61 Å². The molecule has 1 heterocycles. The molecule has 1 atom stereocenters. The van der Waals surface area contributed by atoms with Crippen LogP contribution in [0.3, 0.4) is 0 Å². The number of benzene rings is 1. The lowest BCUT2D eigenvalue weighted by molar-refractivity contribution is -0.136. The van der Waals surface area contributed by atoms with Gasteiger partial charge in [-0.25, -0.2) is 0 Å². The van der Waals surface area contributed by atoms with Crippen molar-refractivity contribution >= 4 is 11.9 Å². The topological polar surface area (TPSA) is 66.8 Å². The molecule has 1 unspecified atom stereocenters. The molecule has 5 heteroatoms. The molecule has 21 heavy (non-hydrogen) atoms. The van der Waals surface area contributed by atoms with Crippen molar-refractivity contribution in [3.8, 4) is 5.75 Å². The van der Waals surface area contributed by atoms with E-state index in [-0.39, 0.29) is 25.0 Å². The van der Waals surface area contributed by atoms with Crippen molar-refractivity contribution in [2.75, 3.05) is 13.2 Å². The number of hydrogen-bond donors (Lipinski definition) is 1. The van der Waals surface area contributed by atoms with E-state index in [2.05, 4.69) is 6.92 Å². The normalized spacial score (nSPS) is 18.3. The molecule has 1 aromatic rings. The number of likely N-dealkylation sites (tertiary alicyclic amines) is 1. The average Bonchev–Trinajstić information content (AvgIpc) is 2.46. The molecule has 0 bridgehead atoms. The molecular formula is C16H21NO4. The second-order valence-corrected chi connectivity index (χ2v) is 5.40. The maximum absolute atomic E-state index is 12.2. The lowest BCUT2D eigenvalue weighted by Crippen LogP contribution is -2.44. The number of carboxylic acids is 1. The fourth-order valence-electron chi connectivity index (χ4n) is 2.64. The summed E-state index contributed by atoms with van der Waals surface area (Å²) in [6.07, 6.45) is 3.12. The average molecular weight is 291 g/mol. The Kier molecular flexibility index (Phi) is 5.20. The number of rotatable bonds is 5. The van der Waals surface area contributed by atoms with Gasteiger partial charge >= 0.3 is 5.97 Å². The van der Waals surface area contributed by atoms with Gasteiger partial charge in [0.1, 0.15) is 5.75 Å². The molecule has 1 aliphatic heterocycles. The van der Waals surface area contributed by atoms with Crippen LogP contribution in [-0.4, -0.2) is 41.1 Å². The number of para-hydroxylation sites is 1. The van der Waals surface area contributed by atoms with Gasteiger partial charge in [-0.05, 0) is 32.3 Å². The second kappa shape index (κ2) is 7.11. The lowest BCUT2D eigenvalue weighted by Gasteiger charge is -2.33. The first kappa shape index (κ1) is 15.4. The van der Waals surface area contributed by atoms with Gasteiger partial charge in [-0.2, -0.15) is 0 Å². The van der Waals surface area contributed by atoms with E-state index >= 15 is 0 Å². The summed E-state index contributed by atoms with van der Waals surface area (Å²) < 4.78 is 5.55.